The zero-order valence-corrected chi connectivity index (χ0v) is 16.1. The van der Waals surface area contributed by atoms with E-state index in [-0.39, 0.29) is 25.7 Å². The maximum Gasteiger partial charge on any atom is 0.317 e. The Morgan fingerprint density at radius 2 is 1.27 bits per heavy atom. The van der Waals surface area contributed by atoms with Gasteiger partial charge in [-0.15, -0.1) is 0 Å². The van der Waals surface area contributed by atoms with Crippen LogP contribution in [-0.2, 0) is 14.4 Å². The van der Waals surface area contributed by atoms with Crippen molar-refractivity contribution in [2.45, 2.75) is 39.7 Å². The van der Waals surface area contributed by atoms with Crippen LogP contribution in [-0.4, -0.2) is 106 Å². The Labute approximate surface area is 155 Å². The van der Waals surface area contributed by atoms with Crippen LogP contribution in [0, 0.1) is 0 Å². The summed E-state index contributed by atoms with van der Waals surface area (Å²) in [7, 11) is 0. The lowest BCUT2D eigenvalue weighted by Gasteiger charge is -2.33. The molecule has 1 unspecified atom stereocenters. The highest BCUT2D eigenvalue weighted by Crippen LogP contribution is 2.12. The van der Waals surface area contributed by atoms with Crippen molar-refractivity contribution in [3.05, 3.63) is 0 Å². The lowest BCUT2D eigenvalue weighted by Crippen LogP contribution is -2.47. The summed E-state index contributed by atoms with van der Waals surface area (Å²) >= 11 is 0. The van der Waals surface area contributed by atoms with Crippen molar-refractivity contribution < 1.29 is 29.7 Å². The fourth-order valence-electron chi connectivity index (χ4n) is 3.03. The molecule has 152 valence electrons. The van der Waals surface area contributed by atoms with Gasteiger partial charge in [-0.3, -0.25) is 29.1 Å². The lowest BCUT2D eigenvalue weighted by atomic mass is 10.1. The highest BCUT2D eigenvalue weighted by Gasteiger charge is 2.26. The molecule has 0 radical (unpaired) electrons. The van der Waals surface area contributed by atoms with Crippen LogP contribution in [0.15, 0.2) is 0 Å². The zero-order valence-electron chi connectivity index (χ0n) is 16.1. The number of carboxylic acid groups (broad SMARTS) is 3. The summed E-state index contributed by atoms with van der Waals surface area (Å²) in [6, 6.07) is -0.0600. The molecule has 1 aliphatic rings. The molecule has 1 aliphatic heterocycles. The van der Waals surface area contributed by atoms with Gasteiger partial charge in [-0.1, -0.05) is 27.2 Å². The number of nitrogens with zero attached hydrogens (tertiary/aromatic N) is 3. The maximum absolute atomic E-state index is 11.2. The minimum absolute atomic E-state index is 0.0600. The van der Waals surface area contributed by atoms with Gasteiger partial charge in [0.2, 0.25) is 0 Å². The first-order valence-electron chi connectivity index (χ1n) is 9.16. The van der Waals surface area contributed by atoms with Crippen LogP contribution in [0.25, 0.3) is 0 Å². The third kappa shape index (κ3) is 10.3. The van der Waals surface area contributed by atoms with Crippen LogP contribution in [0.2, 0.25) is 0 Å². The predicted octanol–water partition coefficient (Wildman–Crippen LogP) is 0.355. The van der Waals surface area contributed by atoms with Crippen molar-refractivity contribution in [2.24, 2.45) is 0 Å². The van der Waals surface area contributed by atoms with Crippen LogP contribution in [0.4, 0.5) is 0 Å². The molecule has 0 aromatic heterocycles. The smallest absolute Gasteiger partial charge is 0.317 e. The number of rotatable bonds is 8. The Bertz CT molecular complexity index is 446. The number of carboxylic acids is 3. The van der Waals surface area contributed by atoms with Crippen molar-refractivity contribution in [2.75, 3.05) is 52.4 Å². The fraction of sp³-hybridized carbons (Fsp3) is 0.824. The topological polar surface area (TPSA) is 122 Å². The first kappa shape index (κ1) is 24.3. The van der Waals surface area contributed by atoms with Crippen LogP contribution in [0.3, 0.4) is 0 Å². The molecule has 1 atom stereocenters. The average Bonchev–Trinajstić information content (AvgIpc) is 2.61. The van der Waals surface area contributed by atoms with Gasteiger partial charge in [0, 0.05) is 38.8 Å². The van der Waals surface area contributed by atoms with E-state index in [1.807, 2.05) is 25.7 Å². The van der Waals surface area contributed by atoms with Gasteiger partial charge < -0.3 is 15.3 Å². The number of aliphatic carboxylic acids is 3. The Morgan fingerprint density at radius 3 is 1.77 bits per heavy atom. The van der Waals surface area contributed by atoms with Gasteiger partial charge in [-0.05, 0) is 6.42 Å². The number of carbonyl (C=O) groups is 3. The molecular formula is C17H33N3O6. The predicted molar refractivity (Wildman–Crippen MR) is 97.4 cm³/mol. The van der Waals surface area contributed by atoms with Crippen LogP contribution in [0.5, 0.6) is 0 Å². The van der Waals surface area contributed by atoms with E-state index in [1.165, 1.54) is 0 Å². The van der Waals surface area contributed by atoms with E-state index in [0.717, 1.165) is 12.8 Å². The number of hydrogen-bond donors (Lipinski definition) is 3. The van der Waals surface area contributed by atoms with E-state index in [9.17, 15) is 14.4 Å². The molecule has 0 aromatic rings. The third-order valence-corrected chi connectivity index (χ3v) is 4.10. The standard InChI is InChI=1S/C15H27N3O6.C2H6/c1-2-3-12-8-17(10-14(21)22)5-4-16(9-13(19)20)6-7-18(12)11-15(23)24;1-2/h12H,2-11H2,1H3,(H,19,20)(H,21,22)(H,23,24);1-2H3. The van der Waals surface area contributed by atoms with Crippen molar-refractivity contribution in [3.63, 3.8) is 0 Å². The van der Waals surface area contributed by atoms with Crippen molar-refractivity contribution in [3.8, 4) is 0 Å². The highest BCUT2D eigenvalue weighted by molar-refractivity contribution is 5.70. The summed E-state index contributed by atoms with van der Waals surface area (Å²) in [5.74, 6) is -2.84. The van der Waals surface area contributed by atoms with E-state index in [4.69, 9.17) is 15.3 Å². The van der Waals surface area contributed by atoms with Crippen LogP contribution >= 0.6 is 0 Å². The monoisotopic (exact) mass is 375 g/mol. The number of hydrogen-bond acceptors (Lipinski definition) is 6. The molecule has 1 saturated heterocycles. The highest BCUT2D eigenvalue weighted by atomic mass is 16.4. The Balaban J connectivity index is 0.00000301. The molecule has 0 amide bonds. The second kappa shape index (κ2) is 13.5. The summed E-state index contributed by atoms with van der Waals surface area (Å²) in [4.78, 5) is 38.5. The summed E-state index contributed by atoms with van der Waals surface area (Å²) in [5, 5.41) is 27.2. The molecule has 0 aromatic carbocycles. The van der Waals surface area contributed by atoms with E-state index in [1.54, 1.807) is 9.80 Å². The largest absolute Gasteiger partial charge is 0.480 e. The molecule has 0 saturated carbocycles. The van der Waals surface area contributed by atoms with Crippen molar-refractivity contribution in [1.29, 1.82) is 0 Å². The van der Waals surface area contributed by atoms with E-state index in [2.05, 4.69) is 0 Å². The average molecular weight is 375 g/mol. The normalized spacial score (nSPS) is 20.2. The molecule has 1 heterocycles. The first-order chi connectivity index (χ1) is 12.3. The summed E-state index contributed by atoms with van der Waals surface area (Å²) < 4.78 is 0. The minimum atomic E-state index is -0.950. The summed E-state index contributed by atoms with van der Waals surface area (Å²) in [6.07, 6.45) is 1.63. The van der Waals surface area contributed by atoms with Crippen LogP contribution in [0.1, 0.15) is 33.6 Å². The summed E-state index contributed by atoms with van der Waals surface area (Å²) in [5.41, 5.74) is 0. The molecule has 1 fully saturated rings. The maximum atomic E-state index is 11.2. The van der Waals surface area contributed by atoms with Gasteiger partial charge in [0.25, 0.3) is 0 Å². The fourth-order valence-corrected chi connectivity index (χ4v) is 3.03. The molecular weight excluding hydrogens is 342 g/mol. The van der Waals surface area contributed by atoms with Gasteiger partial charge in [0.1, 0.15) is 0 Å². The first-order valence-corrected chi connectivity index (χ1v) is 9.16. The molecule has 26 heavy (non-hydrogen) atoms. The molecule has 0 spiro atoms. The van der Waals surface area contributed by atoms with Crippen molar-refractivity contribution >= 4 is 17.9 Å². The third-order valence-electron chi connectivity index (χ3n) is 4.10. The molecule has 0 aliphatic carbocycles. The zero-order chi connectivity index (χ0) is 20.1. The molecule has 3 N–H and O–H groups in total. The van der Waals surface area contributed by atoms with Crippen molar-refractivity contribution in [1.82, 2.24) is 14.7 Å². The molecule has 9 heteroatoms. The quantitative estimate of drug-likeness (QED) is 0.552. The Hall–Kier alpha value is -1.71. The van der Waals surface area contributed by atoms with Gasteiger partial charge in [0.15, 0.2) is 0 Å². The van der Waals surface area contributed by atoms with Gasteiger partial charge in [0.05, 0.1) is 19.6 Å². The Kier molecular flexibility index (Phi) is 12.6. The SMILES string of the molecule is CC.CCCC1CN(CC(=O)O)CCN(CC(=O)O)CCN1CC(=O)O. The lowest BCUT2D eigenvalue weighted by molar-refractivity contribution is -0.140. The van der Waals surface area contributed by atoms with E-state index in [0.29, 0.717) is 32.7 Å². The second-order valence-corrected chi connectivity index (χ2v) is 6.11. The second-order valence-electron chi connectivity index (χ2n) is 6.11. The molecule has 0 bridgehead atoms. The van der Waals surface area contributed by atoms with Crippen LogP contribution < -0.4 is 0 Å². The minimum Gasteiger partial charge on any atom is -0.480 e. The van der Waals surface area contributed by atoms with E-state index >= 15 is 0 Å². The van der Waals surface area contributed by atoms with E-state index < -0.39 is 17.9 Å². The molecule has 9 nitrogen and oxygen atoms in total. The summed E-state index contributed by atoms with van der Waals surface area (Å²) in [6.45, 7) is 7.85. The molecule has 1 rings (SSSR count). The Morgan fingerprint density at radius 1 is 0.808 bits per heavy atom. The van der Waals surface area contributed by atoms with Gasteiger partial charge in [-0.25, -0.2) is 0 Å². The van der Waals surface area contributed by atoms with Gasteiger partial charge >= 0.3 is 17.9 Å². The van der Waals surface area contributed by atoms with Gasteiger partial charge in [-0.2, -0.15) is 0 Å².